The van der Waals surface area contributed by atoms with Crippen molar-refractivity contribution in [2.24, 2.45) is 16.8 Å². The van der Waals surface area contributed by atoms with Crippen molar-refractivity contribution in [3.63, 3.8) is 0 Å². The molecule has 0 bridgehead atoms. The number of nitrogens with zero attached hydrogens (tertiary/aromatic N) is 1. The normalized spacial score (nSPS) is 19.5. The van der Waals surface area contributed by atoms with Crippen molar-refractivity contribution >= 4 is 22.4 Å². The fourth-order valence-electron chi connectivity index (χ4n) is 2.56. The molecular formula is C14H24ClN3O3S. The fourth-order valence-corrected chi connectivity index (χ4v) is 3.08. The predicted molar refractivity (Wildman–Crippen MR) is 88.8 cm³/mol. The molecule has 0 spiro atoms. The van der Waals surface area contributed by atoms with Crippen LogP contribution in [0.2, 0.25) is 0 Å². The van der Waals surface area contributed by atoms with Crippen molar-refractivity contribution < 1.29 is 13.2 Å². The first-order valence-electron chi connectivity index (χ1n) is 7.17. The van der Waals surface area contributed by atoms with E-state index in [9.17, 15) is 8.42 Å². The number of piperidine rings is 1. The van der Waals surface area contributed by atoms with Crippen LogP contribution in [-0.2, 0) is 10.0 Å². The topological polar surface area (TPSA) is 98.6 Å². The van der Waals surface area contributed by atoms with Gasteiger partial charge in [-0.3, -0.25) is 4.90 Å². The Morgan fingerprint density at radius 3 is 2.55 bits per heavy atom. The average molecular weight is 350 g/mol. The van der Waals surface area contributed by atoms with E-state index < -0.39 is 10.0 Å². The second-order valence-electron chi connectivity index (χ2n) is 5.41. The molecule has 1 saturated heterocycles. The van der Waals surface area contributed by atoms with Crippen LogP contribution < -0.4 is 15.6 Å². The second kappa shape index (κ2) is 8.69. The van der Waals surface area contributed by atoms with Crippen LogP contribution in [0.5, 0.6) is 5.75 Å². The predicted octanol–water partition coefficient (Wildman–Crippen LogP) is 0.805. The number of sulfonamides is 1. The van der Waals surface area contributed by atoms with Crippen LogP contribution in [0.4, 0.5) is 0 Å². The fraction of sp³-hybridized carbons (Fsp3) is 0.571. The Kier molecular flexibility index (Phi) is 7.58. The van der Waals surface area contributed by atoms with Gasteiger partial charge < -0.3 is 10.5 Å². The van der Waals surface area contributed by atoms with E-state index in [2.05, 4.69) is 4.90 Å². The minimum atomic E-state index is -3.64. The number of rotatable bonds is 6. The lowest BCUT2D eigenvalue weighted by molar-refractivity contribution is 0.149. The third-order valence-electron chi connectivity index (χ3n) is 3.76. The first kappa shape index (κ1) is 19.2. The number of benzene rings is 1. The van der Waals surface area contributed by atoms with Gasteiger partial charge in [-0.1, -0.05) is 0 Å². The van der Waals surface area contributed by atoms with Gasteiger partial charge >= 0.3 is 0 Å². The van der Waals surface area contributed by atoms with Crippen LogP contribution in [0.25, 0.3) is 0 Å². The van der Waals surface area contributed by atoms with Crippen molar-refractivity contribution in [1.29, 1.82) is 0 Å². The van der Waals surface area contributed by atoms with Crippen LogP contribution in [0.3, 0.4) is 0 Å². The van der Waals surface area contributed by atoms with E-state index in [1.54, 1.807) is 12.1 Å². The lowest BCUT2D eigenvalue weighted by Crippen LogP contribution is -2.40. The molecule has 1 unspecified atom stereocenters. The zero-order valence-electron chi connectivity index (χ0n) is 12.5. The summed E-state index contributed by atoms with van der Waals surface area (Å²) in [7, 11) is -3.64. The van der Waals surface area contributed by atoms with Gasteiger partial charge in [-0.25, -0.2) is 13.6 Å². The summed E-state index contributed by atoms with van der Waals surface area (Å²) < 4.78 is 27.9. The third-order valence-corrected chi connectivity index (χ3v) is 4.69. The monoisotopic (exact) mass is 349 g/mol. The van der Waals surface area contributed by atoms with Crippen molar-refractivity contribution in [3.8, 4) is 5.75 Å². The highest BCUT2D eigenvalue weighted by Gasteiger charge is 2.18. The van der Waals surface area contributed by atoms with Gasteiger partial charge in [0.2, 0.25) is 10.0 Å². The summed E-state index contributed by atoms with van der Waals surface area (Å²) in [5.41, 5.74) is 5.72. The number of halogens is 1. The zero-order valence-corrected chi connectivity index (χ0v) is 14.1. The van der Waals surface area contributed by atoms with E-state index in [1.807, 2.05) is 0 Å². The maximum atomic E-state index is 11.1. The Morgan fingerprint density at radius 1 is 1.27 bits per heavy atom. The van der Waals surface area contributed by atoms with Crippen molar-refractivity contribution in [2.45, 2.75) is 17.7 Å². The van der Waals surface area contributed by atoms with Gasteiger partial charge in [0, 0.05) is 13.1 Å². The van der Waals surface area contributed by atoms with Crippen LogP contribution in [0.15, 0.2) is 29.2 Å². The Morgan fingerprint density at radius 2 is 1.95 bits per heavy atom. The van der Waals surface area contributed by atoms with Crippen LogP contribution in [-0.4, -0.2) is 46.1 Å². The largest absolute Gasteiger partial charge is 0.492 e. The quantitative estimate of drug-likeness (QED) is 0.791. The molecule has 0 aliphatic carbocycles. The maximum absolute atomic E-state index is 11.1. The molecule has 1 aliphatic heterocycles. The molecule has 1 heterocycles. The summed E-state index contributed by atoms with van der Waals surface area (Å²) >= 11 is 0. The molecule has 0 saturated carbocycles. The van der Waals surface area contributed by atoms with Gasteiger partial charge in [0.05, 0.1) is 4.90 Å². The van der Waals surface area contributed by atoms with Gasteiger partial charge in [0.15, 0.2) is 0 Å². The molecule has 1 atom stereocenters. The first-order valence-corrected chi connectivity index (χ1v) is 8.72. The highest BCUT2D eigenvalue weighted by atomic mass is 35.5. The van der Waals surface area contributed by atoms with Crippen LogP contribution in [0, 0.1) is 5.92 Å². The Bertz CT molecular complexity index is 551. The number of ether oxygens (including phenoxy) is 1. The van der Waals surface area contributed by atoms with Crippen molar-refractivity contribution in [2.75, 3.05) is 32.8 Å². The van der Waals surface area contributed by atoms with E-state index in [-0.39, 0.29) is 17.3 Å². The van der Waals surface area contributed by atoms with E-state index in [0.717, 1.165) is 26.2 Å². The average Bonchev–Trinajstić information content (AvgIpc) is 2.47. The Labute approximate surface area is 138 Å². The summed E-state index contributed by atoms with van der Waals surface area (Å²) in [6, 6.07) is 6.16. The molecule has 4 N–H and O–H groups in total. The van der Waals surface area contributed by atoms with E-state index in [0.29, 0.717) is 18.3 Å². The van der Waals surface area contributed by atoms with Gasteiger partial charge in [0.25, 0.3) is 0 Å². The molecule has 1 aromatic carbocycles. The lowest BCUT2D eigenvalue weighted by Gasteiger charge is -2.31. The molecule has 6 nitrogen and oxygen atoms in total. The molecule has 126 valence electrons. The minimum Gasteiger partial charge on any atom is -0.492 e. The lowest BCUT2D eigenvalue weighted by atomic mass is 9.98. The second-order valence-corrected chi connectivity index (χ2v) is 6.97. The number of hydrogen-bond donors (Lipinski definition) is 2. The molecule has 1 aliphatic rings. The summed E-state index contributed by atoms with van der Waals surface area (Å²) in [6.07, 6.45) is 2.40. The smallest absolute Gasteiger partial charge is 0.238 e. The summed E-state index contributed by atoms with van der Waals surface area (Å²) in [4.78, 5) is 2.45. The summed E-state index contributed by atoms with van der Waals surface area (Å²) in [5.74, 6) is 1.24. The molecule has 2 rings (SSSR count). The van der Waals surface area contributed by atoms with Crippen LogP contribution in [0.1, 0.15) is 12.8 Å². The molecule has 8 heteroatoms. The van der Waals surface area contributed by atoms with Crippen molar-refractivity contribution in [3.05, 3.63) is 24.3 Å². The molecule has 1 fully saturated rings. The molecule has 0 aromatic heterocycles. The van der Waals surface area contributed by atoms with Gasteiger partial charge in [-0.15, -0.1) is 12.4 Å². The van der Waals surface area contributed by atoms with E-state index in [4.69, 9.17) is 15.6 Å². The summed E-state index contributed by atoms with van der Waals surface area (Å²) in [5, 5.41) is 5.05. The van der Waals surface area contributed by atoms with Crippen LogP contribution >= 0.6 is 12.4 Å². The Hall–Kier alpha value is -0.860. The number of nitrogens with two attached hydrogens (primary N) is 2. The van der Waals surface area contributed by atoms with E-state index >= 15 is 0 Å². The zero-order chi connectivity index (χ0) is 15.3. The van der Waals surface area contributed by atoms with Crippen molar-refractivity contribution in [1.82, 2.24) is 4.90 Å². The highest BCUT2D eigenvalue weighted by molar-refractivity contribution is 7.89. The molecule has 0 radical (unpaired) electrons. The third kappa shape index (κ3) is 5.73. The van der Waals surface area contributed by atoms with Gasteiger partial charge in [-0.05, 0) is 56.1 Å². The number of primary sulfonamides is 1. The number of hydrogen-bond acceptors (Lipinski definition) is 5. The van der Waals surface area contributed by atoms with Gasteiger partial charge in [-0.2, -0.15) is 0 Å². The van der Waals surface area contributed by atoms with Gasteiger partial charge in [0.1, 0.15) is 12.4 Å². The summed E-state index contributed by atoms with van der Waals surface area (Å²) in [6.45, 7) is 4.29. The minimum absolute atomic E-state index is 0. The SMILES string of the molecule is Cl.NCC1CCCN(CCOc2ccc(S(N)(=O)=O)cc2)C1. The molecule has 22 heavy (non-hydrogen) atoms. The molecule has 0 amide bonds. The molecule has 1 aromatic rings. The Balaban J connectivity index is 0.00000242. The number of likely N-dealkylation sites (tertiary alicyclic amines) is 1. The van der Waals surface area contributed by atoms with E-state index in [1.165, 1.54) is 25.0 Å². The standard InChI is InChI=1S/C14H23N3O3S.ClH/c15-10-12-2-1-7-17(11-12)8-9-20-13-3-5-14(6-4-13)21(16,18)19;/h3-6,12H,1-2,7-11,15H2,(H2,16,18,19);1H. The molecular weight excluding hydrogens is 326 g/mol. The first-order chi connectivity index (χ1) is 9.99. The maximum Gasteiger partial charge on any atom is 0.238 e. The highest BCUT2D eigenvalue weighted by Crippen LogP contribution is 2.16.